The predicted octanol–water partition coefficient (Wildman–Crippen LogP) is 3.94. The number of halogens is 6. The van der Waals surface area contributed by atoms with Crippen molar-refractivity contribution in [3.8, 4) is 0 Å². The Kier molecular flexibility index (Phi) is 4.97. The molecule has 0 atom stereocenters. The minimum absolute atomic E-state index is 0.360. The van der Waals surface area contributed by atoms with Crippen molar-refractivity contribution in [3.05, 3.63) is 35.9 Å². The lowest BCUT2D eigenvalue weighted by molar-refractivity contribution is -0.140. The molecule has 1 aliphatic rings. The SMILES string of the molecule is CN=C(c1ccccc1)C(F)(F)S(=O)(=O)C1C(F)(F)CCCC1(F)F. The van der Waals surface area contributed by atoms with Crippen molar-refractivity contribution >= 4 is 15.5 Å². The van der Waals surface area contributed by atoms with E-state index in [4.69, 9.17) is 0 Å². The first-order valence-electron chi connectivity index (χ1n) is 7.27. The molecule has 0 amide bonds. The maximum Gasteiger partial charge on any atom is 0.387 e. The molecule has 1 aromatic carbocycles. The zero-order valence-corrected chi connectivity index (χ0v) is 13.8. The molecule has 0 N–H and O–H groups in total. The minimum atomic E-state index is -6.30. The third kappa shape index (κ3) is 3.28. The topological polar surface area (TPSA) is 46.5 Å². The van der Waals surface area contributed by atoms with Crippen LogP contribution in [-0.2, 0) is 9.84 Å². The number of hydrogen-bond donors (Lipinski definition) is 0. The Labute approximate surface area is 140 Å². The fourth-order valence-electron chi connectivity index (χ4n) is 2.89. The second kappa shape index (κ2) is 6.30. The summed E-state index contributed by atoms with van der Waals surface area (Å²) < 4.78 is 109. The average Bonchev–Trinajstić information content (AvgIpc) is 2.46. The summed E-state index contributed by atoms with van der Waals surface area (Å²) in [5.74, 6) is -8.95. The van der Waals surface area contributed by atoms with Crippen LogP contribution in [0.1, 0.15) is 24.8 Å². The van der Waals surface area contributed by atoms with Crippen molar-refractivity contribution in [1.82, 2.24) is 0 Å². The fourth-order valence-corrected chi connectivity index (χ4v) is 4.81. The lowest BCUT2D eigenvalue weighted by atomic mass is 9.93. The molecule has 0 aliphatic heterocycles. The Morgan fingerprint density at radius 3 is 2.00 bits per heavy atom. The van der Waals surface area contributed by atoms with E-state index in [2.05, 4.69) is 4.99 Å². The van der Waals surface area contributed by atoms with Crippen LogP contribution in [0, 0.1) is 0 Å². The summed E-state index contributed by atoms with van der Waals surface area (Å²) in [4.78, 5) is 3.18. The van der Waals surface area contributed by atoms with Crippen LogP contribution in [0.2, 0.25) is 0 Å². The summed E-state index contributed by atoms with van der Waals surface area (Å²) in [5.41, 5.74) is -1.72. The number of aliphatic imine (C=N–C) groups is 1. The van der Waals surface area contributed by atoms with Gasteiger partial charge in [0.1, 0.15) is 5.71 Å². The van der Waals surface area contributed by atoms with E-state index in [0.717, 1.165) is 19.2 Å². The van der Waals surface area contributed by atoms with Gasteiger partial charge in [-0.25, -0.2) is 26.0 Å². The highest BCUT2D eigenvalue weighted by Gasteiger charge is 2.70. The number of sulfone groups is 1. The lowest BCUT2D eigenvalue weighted by Crippen LogP contribution is -2.60. The van der Waals surface area contributed by atoms with E-state index < -0.39 is 57.2 Å². The number of benzene rings is 1. The van der Waals surface area contributed by atoms with Crippen molar-refractivity contribution in [3.63, 3.8) is 0 Å². The molecule has 10 heteroatoms. The van der Waals surface area contributed by atoms with E-state index in [-0.39, 0.29) is 5.56 Å². The molecule has 0 saturated heterocycles. The molecular formula is C15H15F6NO2S. The van der Waals surface area contributed by atoms with Gasteiger partial charge in [0, 0.05) is 25.5 Å². The molecule has 0 radical (unpaired) electrons. The van der Waals surface area contributed by atoms with Crippen molar-refractivity contribution in [1.29, 1.82) is 0 Å². The number of hydrogen-bond acceptors (Lipinski definition) is 3. The standard InChI is InChI=1S/C15H15F6NO2S/c1-22-11(10-6-3-2-4-7-10)15(20,21)25(23,24)12-13(16,17)8-5-9-14(12,18)19/h2-4,6-7,12H,5,8-9H2,1H3. The Balaban J connectivity index is 2.60. The van der Waals surface area contributed by atoms with Gasteiger partial charge in [0.05, 0.1) is 0 Å². The Hall–Kier alpha value is -1.58. The van der Waals surface area contributed by atoms with Gasteiger partial charge in [0.25, 0.3) is 11.8 Å². The van der Waals surface area contributed by atoms with Crippen LogP contribution in [0.4, 0.5) is 26.3 Å². The molecule has 0 unspecified atom stereocenters. The van der Waals surface area contributed by atoms with Gasteiger partial charge in [-0.3, -0.25) is 4.99 Å². The van der Waals surface area contributed by atoms with Gasteiger partial charge < -0.3 is 0 Å². The lowest BCUT2D eigenvalue weighted by Gasteiger charge is -2.38. The van der Waals surface area contributed by atoms with Crippen LogP contribution in [-0.4, -0.2) is 43.5 Å². The Bertz CT molecular complexity index is 745. The quantitative estimate of drug-likeness (QED) is 0.581. The van der Waals surface area contributed by atoms with E-state index in [0.29, 0.717) is 0 Å². The summed E-state index contributed by atoms with van der Waals surface area (Å²) in [5, 5.41) is -8.81. The zero-order valence-electron chi connectivity index (χ0n) is 13.0. The van der Waals surface area contributed by atoms with Gasteiger partial charge in [-0.2, -0.15) is 8.78 Å². The van der Waals surface area contributed by atoms with E-state index in [9.17, 15) is 34.8 Å². The molecule has 1 fully saturated rings. The number of nitrogens with zero attached hydrogens (tertiary/aromatic N) is 1. The molecule has 0 bridgehead atoms. The molecule has 0 aromatic heterocycles. The molecule has 1 aliphatic carbocycles. The minimum Gasteiger partial charge on any atom is -0.285 e. The smallest absolute Gasteiger partial charge is 0.285 e. The summed E-state index contributed by atoms with van der Waals surface area (Å²) in [6, 6.07) is 6.22. The zero-order chi connectivity index (χ0) is 19.1. The maximum atomic E-state index is 14.6. The van der Waals surface area contributed by atoms with E-state index in [1.165, 1.54) is 18.2 Å². The van der Waals surface area contributed by atoms with Crippen LogP contribution in [0.15, 0.2) is 35.3 Å². The van der Waals surface area contributed by atoms with Gasteiger partial charge in [-0.1, -0.05) is 30.3 Å². The summed E-state index contributed by atoms with van der Waals surface area (Å²) >= 11 is 0. The number of alkyl halides is 6. The van der Waals surface area contributed by atoms with Gasteiger partial charge in [0.2, 0.25) is 9.84 Å². The van der Waals surface area contributed by atoms with Crippen molar-refractivity contribution in [2.24, 2.45) is 4.99 Å². The average molecular weight is 387 g/mol. The molecule has 140 valence electrons. The summed E-state index contributed by atoms with van der Waals surface area (Å²) in [6.07, 6.45) is -3.07. The van der Waals surface area contributed by atoms with E-state index in [1.807, 2.05) is 0 Å². The van der Waals surface area contributed by atoms with Crippen molar-refractivity contribution < 1.29 is 34.8 Å². The third-order valence-electron chi connectivity index (χ3n) is 4.00. The van der Waals surface area contributed by atoms with Gasteiger partial charge in [-0.05, 0) is 6.42 Å². The Morgan fingerprint density at radius 2 is 1.56 bits per heavy atom. The molecule has 2 rings (SSSR count). The predicted molar refractivity (Wildman–Crippen MR) is 80.3 cm³/mol. The fraction of sp³-hybridized carbons (Fsp3) is 0.533. The molecule has 1 aromatic rings. The van der Waals surface area contributed by atoms with E-state index >= 15 is 0 Å². The molecule has 25 heavy (non-hydrogen) atoms. The monoisotopic (exact) mass is 387 g/mol. The second-order valence-electron chi connectivity index (χ2n) is 5.76. The highest BCUT2D eigenvalue weighted by atomic mass is 32.2. The van der Waals surface area contributed by atoms with Crippen LogP contribution < -0.4 is 0 Å². The molecule has 3 nitrogen and oxygen atoms in total. The summed E-state index contributed by atoms with van der Waals surface area (Å²) in [7, 11) is -5.46. The highest BCUT2D eigenvalue weighted by Crippen LogP contribution is 2.50. The van der Waals surface area contributed by atoms with E-state index in [1.54, 1.807) is 0 Å². The van der Waals surface area contributed by atoms with Crippen LogP contribution >= 0.6 is 0 Å². The van der Waals surface area contributed by atoms with Gasteiger partial charge in [-0.15, -0.1) is 0 Å². The Morgan fingerprint density at radius 1 is 1.08 bits per heavy atom. The first kappa shape index (κ1) is 19.7. The van der Waals surface area contributed by atoms with Crippen LogP contribution in [0.5, 0.6) is 0 Å². The van der Waals surface area contributed by atoms with Gasteiger partial charge >= 0.3 is 5.25 Å². The van der Waals surface area contributed by atoms with Crippen molar-refractivity contribution in [2.45, 2.75) is 41.6 Å². The first-order chi connectivity index (χ1) is 11.4. The number of rotatable bonds is 4. The highest BCUT2D eigenvalue weighted by molar-refractivity contribution is 7.94. The van der Waals surface area contributed by atoms with Crippen LogP contribution in [0.3, 0.4) is 0 Å². The maximum absolute atomic E-state index is 14.6. The summed E-state index contributed by atoms with van der Waals surface area (Å²) in [6.45, 7) is 0. The molecule has 0 heterocycles. The molecular weight excluding hydrogens is 372 g/mol. The van der Waals surface area contributed by atoms with Gasteiger partial charge in [0.15, 0.2) is 5.25 Å². The third-order valence-corrected chi connectivity index (χ3v) is 6.22. The second-order valence-corrected chi connectivity index (χ2v) is 7.83. The largest absolute Gasteiger partial charge is 0.387 e. The molecule has 1 saturated carbocycles. The molecule has 0 spiro atoms. The van der Waals surface area contributed by atoms with Crippen molar-refractivity contribution in [2.75, 3.05) is 7.05 Å². The van der Waals surface area contributed by atoms with Crippen LogP contribution in [0.25, 0.3) is 0 Å². The first-order valence-corrected chi connectivity index (χ1v) is 8.82. The normalized spacial score (nSPS) is 22.0.